The third-order valence-corrected chi connectivity index (χ3v) is 87.5. The molecule has 0 N–H and O–H groups in total. The van der Waals surface area contributed by atoms with Crippen LogP contribution in [0.15, 0.2) is 0 Å². The van der Waals surface area contributed by atoms with Crippen molar-refractivity contribution in [2.75, 3.05) is 0 Å². The van der Waals surface area contributed by atoms with E-state index in [-0.39, 0.29) is 0 Å². The third-order valence-electron chi connectivity index (χ3n) is 0.120. The Labute approximate surface area is 74.3 Å². The Balaban J connectivity index is 2.34. The maximum atomic E-state index is 2.77. The molecule has 6 heavy (non-hydrogen) atoms. The summed E-state index contributed by atoms with van der Waals surface area (Å²) in [4.78, 5) is 0. The Morgan fingerprint density at radius 3 is 1.33 bits per heavy atom. The van der Waals surface area contributed by atoms with Gasteiger partial charge in [-0.1, -0.05) is 0 Å². The van der Waals surface area contributed by atoms with E-state index in [1.807, 2.05) is 0 Å². The molecule has 8 radical (unpaired) electrons. The molecule has 0 heterocycles. The summed E-state index contributed by atoms with van der Waals surface area (Å²) < 4.78 is 0. The summed E-state index contributed by atoms with van der Waals surface area (Å²) in [6.07, 6.45) is 0. The molecule has 0 saturated carbocycles. The fourth-order valence-electron chi connectivity index (χ4n) is 0.0358. The van der Waals surface area contributed by atoms with Crippen LogP contribution in [0, 0.1) is 0 Å². The molecular weight excluding hydrogens is 450 g/mol. The molecule has 30 valence electrons. The Morgan fingerprint density at radius 1 is 0.833 bits per heavy atom. The minimum atomic E-state index is 0.799. The van der Waals surface area contributed by atoms with Crippen LogP contribution in [0.3, 0.4) is 0 Å². The molecule has 0 nitrogen and oxygen atoms in total. The molecule has 0 aromatic rings. The molecule has 0 aromatic carbocycles. The summed E-state index contributed by atoms with van der Waals surface area (Å²) in [6.45, 7) is 0. The molecule has 0 aliphatic heterocycles. The molecule has 6 heteroatoms. The zero-order valence-electron chi connectivity index (χ0n) is 2.68. The predicted molar refractivity (Wildman–Crippen MR) is 34.5 cm³/mol. The van der Waals surface area contributed by atoms with Crippen LogP contribution in [0.5, 0.6) is 0 Å². The molecule has 0 spiro atoms. The van der Waals surface area contributed by atoms with Gasteiger partial charge in [-0.2, -0.15) is 0 Å². The van der Waals surface area contributed by atoms with E-state index in [4.69, 9.17) is 0 Å². The van der Waals surface area contributed by atoms with Crippen molar-refractivity contribution in [1.29, 1.82) is 0 Å². The second kappa shape index (κ2) is 8.35. The van der Waals surface area contributed by atoms with E-state index in [1.54, 1.807) is 0 Å². The van der Waals surface area contributed by atoms with E-state index in [0.717, 1.165) is 46.5 Å². The zero-order chi connectivity index (χ0) is 4.83. The average Bonchev–Trinajstić information content (AvgIpc) is 1.61. The summed E-state index contributed by atoms with van der Waals surface area (Å²) in [6, 6.07) is 0. The second-order valence-electron chi connectivity index (χ2n) is 0.358. The van der Waals surface area contributed by atoms with Crippen molar-refractivity contribution in [3.05, 3.63) is 0 Å². The summed E-state index contributed by atoms with van der Waals surface area (Å²) in [5.41, 5.74) is 0. The van der Waals surface area contributed by atoms with Gasteiger partial charge in [0.25, 0.3) is 0 Å². The summed E-state index contributed by atoms with van der Waals surface area (Å²) in [5.74, 6) is 0. The van der Waals surface area contributed by atoms with Gasteiger partial charge >= 0.3 is 76.1 Å². The normalized spacial score (nSPS) is 17.0. The van der Waals surface area contributed by atoms with Gasteiger partial charge in [0.15, 0.2) is 0 Å². The molecule has 0 amide bonds. The van der Waals surface area contributed by atoms with Crippen molar-refractivity contribution >= 4 is 76.1 Å². The fourth-order valence-corrected chi connectivity index (χ4v) is 136. The standard InChI is InChI=1S/As6/c1-3-5-6-4-2. The first-order valence-electron chi connectivity index (χ1n) is 1.000. The van der Waals surface area contributed by atoms with E-state index >= 15 is 0 Å². The van der Waals surface area contributed by atoms with Crippen molar-refractivity contribution < 1.29 is 0 Å². The van der Waals surface area contributed by atoms with Gasteiger partial charge in [-0.25, -0.2) is 0 Å². The van der Waals surface area contributed by atoms with Gasteiger partial charge in [-0.15, -0.1) is 0 Å². The van der Waals surface area contributed by atoms with E-state index < -0.39 is 0 Å². The first-order valence-corrected chi connectivity index (χ1v) is 27.0. The second-order valence-corrected chi connectivity index (χ2v) is 50.2. The molecule has 0 saturated heterocycles. The van der Waals surface area contributed by atoms with Gasteiger partial charge < -0.3 is 0 Å². The Morgan fingerprint density at radius 2 is 1.17 bits per heavy atom. The maximum absolute atomic E-state index is 2.77. The average molecular weight is 450 g/mol. The Bertz CT molecular complexity index is 12.0. The van der Waals surface area contributed by atoms with Crippen molar-refractivity contribution in [3.8, 4) is 0 Å². The van der Waals surface area contributed by atoms with Crippen LogP contribution >= 0.6 is 0 Å². The summed E-state index contributed by atoms with van der Waals surface area (Å²) in [5, 5.41) is 0. The number of hydrogen-bond donors (Lipinski definition) is 0. The molecule has 0 unspecified atom stereocenters. The number of hydrogen-bond acceptors (Lipinski definition) is 0. The molecule has 0 rings (SSSR count). The number of rotatable bonds is 3. The van der Waals surface area contributed by atoms with E-state index in [0.29, 0.717) is 0 Å². The predicted octanol–water partition coefficient (Wildman–Crippen LogP) is -2.28. The zero-order valence-corrected chi connectivity index (χ0v) is 13.9. The molecule has 0 fully saturated rings. The third kappa shape index (κ3) is 7.35. The molecule has 0 aromatic heterocycles. The topological polar surface area (TPSA) is 0 Å². The van der Waals surface area contributed by atoms with Crippen molar-refractivity contribution in [2.24, 2.45) is 0 Å². The monoisotopic (exact) mass is 450 g/mol. The van der Waals surface area contributed by atoms with Gasteiger partial charge in [-0.3, -0.25) is 0 Å². The van der Waals surface area contributed by atoms with Crippen LogP contribution in [0.25, 0.3) is 0 Å². The van der Waals surface area contributed by atoms with Gasteiger partial charge in [-0.05, 0) is 0 Å². The van der Waals surface area contributed by atoms with Crippen LogP contribution in [0.2, 0.25) is 0 Å². The van der Waals surface area contributed by atoms with Gasteiger partial charge in [0, 0.05) is 0 Å². The summed E-state index contributed by atoms with van der Waals surface area (Å²) in [7, 11) is 0. The molecule has 0 atom stereocenters. The van der Waals surface area contributed by atoms with Gasteiger partial charge in [0.2, 0.25) is 0 Å². The molecular formula is As6. The van der Waals surface area contributed by atoms with Crippen molar-refractivity contribution in [3.63, 3.8) is 0 Å². The van der Waals surface area contributed by atoms with Crippen LogP contribution in [-0.4, -0.2) is 76.1 Å². The van der Waals surface area contributed by atoms with Gasteiger partial charge in [0.05, 0.1) is 0 Å². The van der Waals surface area contributed by atoms with E-state index in [1.165, 1.54) is 0 Å². The summed E-state index contributed by atoms with van der Waals surface area (Å²) >= 11 is 9.00. The molecule has 0 bridgehead atoms. The Kier molecular flexibility index (Phi) is 13.0. The van der Waals surface area contributed by atoms with Crippen molar-refractivity contribution in [1.82, 2.24) is 0 Å². The first kappa shape index (κ1) is 9.35. The quantitative estimate of drug-likeness (QED) is 0.337. The van der Waals surface area contributed by atoms with Crippen molar-refractivity contribution in [2.45, 2.75) is 0 Å². The van der Waals surface area contributed by atoms with E-state index in [9.17, 15) is 0 Å². The first-order chi connectivity index (χ1) is 2.91. The Hall–Kier alpha value is 3.35. The van der Waals surface area contributed by atoms with Crippen LogP contribution in [0.1, 0.15) is 0 Å². The van der Waals surface area contributed by atoms with Gasteiger partial charge in [0.1, 0.15) is 0 Å². The SMILES string of the molecule is [As][As][As][As][As][As]. The molecule has 0 aliphatic rings. The fraction of sp³-hybridized carbons (Fsp3) is 0. The minimum absolute atomic E-state index is 0.799. The van der Waals surface area contributed by atoms with Crippen LogP contribution < -0.4 is 0 Å². The van der Waals surface area contributed by atoms with Crippen LogP contribution in [-0.2, 0) is 0 Å². The molecule has 0 aliphatic carbocycles. The van der Waals surface area contributed by atoms with Crippen LogP contribution in [0.4, 0.5) is 0 Å². The van der Waals surface area contributed by atoms with E-state index in [2.05, 4.69) is 29.6 Å².